The molecule has 2 N–H and O–H groups in total. The second kappa shape index (κ2) is 6.77. The Bertz CT molecular complexity index is 657. The zero-order valence-electron chi connectivity index (χ0n) is 12.2. The van der Waals surface area contributed by atoms with Gasteiger partial charge >= 0.3 is 6.18 Å². The Morgan fingerprint density at radius 2 is 1.87 bits per heavy atom. The van der Waals surface area contributed by atoms with Gasteiger partial charge < -0.3 is 10.6 Å². The van der Waals surface area contributed by atoms with Crippen molar-refractivity contribution in [2.75, 3.05) is 23.4 Å². The summed E-state index contributed by atoms with van der Waals surface area (Å²) < 4.78 is 59.8. The second-order valence-electron chi connectivity index (χ2n) is 5.42. The van der Waals surface area contributed by atoms with Crippen molar-refractivity contribution in [1.29, 1.82) is 0 Å². The second-order valence-corrected chi connectivity index (χ2v) is 7.65. The maximum absolute atomic E-state index is 12.4. The molecular formula is C14H17F3N2O3S. The van der Waals surface area contributed by atoms with Crippen molar-refractivity contribution < 1.29 is 26.4 Å². The number of hydrogen-bond acceptors (Lipinski definition) is 4. The minimum atomic E-state index is -4.37. The van der Waals surface area contributed by atoms with Crippen LogP contribution in [0.25, 0.3) is 0 Å². The lowest BCUT2D eigenvalue weighted by atomic mass is 10.2. The quantitative estimate of drug-likeness (QED) is 0.849. The highest BCUT2D eigenvalue weighted by atomic mass is 32.2. The first kappa shape index (κ1) is 17.6. The minimum Gasteiger partial charge on any atom is -0.385 e. The largest absolute Gasteiger partial charge is 0.416 e. The van der Waals surface area contributed by atoms with E-state index in [-0.39, 0.29) is 36.4 Å². The van der Waals surface area contributed by atoms with Crippen LogP contribution in [-0.2, 0) is 20.8 Å². The fourth-order valence-corrected chi connectivity index (χ4v) is 3.98. The Morgan fingerprint density at radius 1 is 1.22 bits per heavy atom. The van der Waals surface area contributed by atoms with Crippen LogP contribution in [0.1, 0.15) is 18.4 Å². The number of anilines is 1. The molecule has 1 unspecified atom stereocenters. The summed E-state index contributed by atoms with van der Waals surface area (Å²) in [5, 5.41) is 5.49. The van der Waals surface area contributed by atoms with Crippen molar-refractivity contribution in [3.8, 4) is 0 Å². The first-order valence-electron chi connectivity index (χ1n) is 7.07. The summed E-state index contributed by atoms with van der Waals surface area (Å²) in [7, 11) is -3.04. The Morgan fingerprint density at radius 3 is 2.39 bits per heavy atom. The molecule has 0 spiro atoms. The van der Waals surface area contributed by atoms with Crippen molar-refractivity contribution in [2.45, 2.75) is 25.1 Å². The number of carbonyl (C=O) groups is 1. The average molecular weight is 350 g/mol. The highest BCUT2D eigenvalue weighted by Crippen LogP contribution is 2.29. The molecule has 1 aromatic carbocycles. The molecule has 0 bridgehead atoms. The Balaban J connectivity index is 1.73. The normalized spacial score (nSPS) is 20.2. The van der Waals surface area contributed by atoms with Gasteiger partial charge in [0.25, 0.3) is 0 Å². The van der Waals surface area contributed by atoms with Gasteiger partial charge in [-0.15, -0.1) is 0 Å². The fourth-order valence-electron chi connectivity index (χ4n) is 2.31. The van der Waals surface area contributed by atoms with Gasteiger partial charge in [0.2, 0.25) is 5.91 Å². The topological polar surface area (TPSA) is 75.3 Å². The van der Waals surface area contributed by atoms with Crippen LogP contribution in [-0.4, -0.2) is 38.4 Å². The van der Waals surface area contributed by atoms with E-state index in [2.05, 4.69) is 10.6 Å². The van der Waals surface area contributed by atoms with Crippen LogP contribution in [0.2, 0.25) is 0 Å². The molecule has 128 valence electrons. The summed E-state index contributed by atoms with van der Waals surface area (Å²) in [6.07, 6.45) is -3.85. The lowest BCUT2D eigenvalue weighted by Gasteiger charge is -2.12. The molecule has 1 aromatic rings. The minimum absolute atomic E-state index is 0.0366. The summed E-state index contributed by atoms with van der Waals surface area (Å²) in [4.78, 5) is 11.7. The molecule has 1 atom stereocenters. The molecule has 1 amide bonds. The summed E-state index contributed by atoms with van der Waals surface area (Å²) in [5.41, 5.74) is -0.252. The Labute approximate surface area is 132 Å². The van der Waals surface area contributed by atoms with Crippen LogP contribution in [0.3, 0.4) is 0 Å². The first-order chi connectivity index (χ1) is 10.7. The molecule has 0 aliphatic carbocycles. The van der Waals surface area contributed by atoms with E-state index in [1.54, 1.807) is 0 Å². The van der Waals surface area contributed by atoms with E-state index in [1.807, 2.05) is 0 Å². The van der Waals surface area contributed by atoms with E-state index in [0.29, 0.717) is 12.1 Å². The third kappa shape index (κ3) is 5.42. The summed E-state index contributed by atoms with van der Waals surface area (Å²) in [6, 6.07) is 4.17. The monoisotopic (exact) mass is 350 g/mol. The van der Waals surface area contributed by atoms with Gasteiger partial charge in [-0.25, -0.2) is 8.42 Å². The zero-order valence-corrected chi connectivity index (χ0v) is 13.0. The zero-order chi connectivity index (χ0) is 17.1. The molecule has 1 fully saturated rings. The molecule has 9 heteroatoms. The van der Waals surface area contributed by atoms with Crippen LogP contribution in [0.4, 0.5) is 18.9 Å². The molecule has 1 aliphatic rings. The average Bonchev–Trinajstić information content (AvgIpc) is 2.77. The van der Waals surface area contributed by atoms with E-state index >= 15 is 0 Å². The van der Waals surface area contributed by atoms with Crippen molar-refractivity contribution in [3.63, 3.8) is 0 Å². The highest BCUT2D eigenvalue weighted by Gasteiger charge is 2.30. The lowest BCUT2D eigenvalue weighted by Crippen LogP contribution is -2.36. The molecule has 2 rings (SSSR count). The number of carbonyl (C=O) groups excluding carboxylic acids is 1. The predicted octanol–water partition coefficient (Wildman–Crippen LogP) is 1.81. The number of alkyl halides is 3. The van der Waals surface area contributed by atoms with Gasteiger partial charge in [0.05, 0.1) is 17.1 Å². The molecule has 0 saturated carbocycles. The smallest absolute Gasteiger partial charge is 0.385 e. The van der Waals surface area contributed by atoms with Crippen LogP contribution in [0, 0.1) is 0 Å². The fraction of sp³-hybridized carbons (Fsp3) is 0.500. The van der Waals surface area contributed by atoms with Crippen molar-refractivity contribution in [2.24, 2.45) is 0 Å². The Hall–Kier alpha value is -1.77. The molecule has 5 nitrogen and oxygen atoms in total. The maximum atomic E-state index is 12.4. The van der Waals surface area contributed by atoms with Gasteiger partial charge in [0.1, 0.15) is 0 Å². The molecule has 0 aromatic heterocycles. The third-order valence-electron chi connectivity index (χ3n) is 3.49. The molecule has 1 heterocycles. The number of benzene rings is 1. The van der Waals surface area contributed by atoms with Gasteiger partial charge in [-0.1, -0.05) is 0 Å². The highest BCUT2D eigenvalue weighted by molar-refractivity contribution is 7.91. The van der Waals surface area contributed by atoms with Crippen molar-refractivity contribution >= 4 is 21.4 Å². The number of amides is 1. The van der Waals surface area contributed by atoms with E-state index in [1.165, 1.54) is 12.1 Å². The molecule has 1 saturated heterocycles. The summed E-state index contributed by atoms with van der Waals surface area (Å²) in [5.74, 6) is -0.237. The van der Waals surface area contributed by atoms with Crippen LogP contribution in [0.15, 0.2) is 24.3 Å². The molecule has 0 radical (unpaired) electrons. The van der Waals surface area contributed by atoms with E-state index in [9.17, 15) is 26.4 Å². The van der Waals surface area contributed by atoms with E-state index < -0.39 is 21.6 Å². The van der Waals surface area contributed by atoms with E-state index in [0.717, 1.165) is 12.1 Å². The van der Waals surface area contributed by atoms with Crippen molar-refractivity contribution in [3.05, 3.63) is 29.8 Å². The summed E-state index contributed by atoms with van der Waals surface area (Å²) >= 11 is 0. The molecule has 23 heavy (non-hydrogen) atoms. The van der Waals surface area contributed by atoms with Crippen molar-refractivity contribution in [1.82, 2.24) is 5.32 Å². The van der Waals surface area contributed by atoms with Gasteiger partial charge in [0.15, 0.2) is 9.84 Å². The third-order valence-corrected chi connectivity index (χ3v) is 5.26. The van der Waals surface area contributed by atoms with Gasteiger partial charge in [-0.3, -0.25) is 4.79 Å². The Kier molecular flexibility index (Phi) is 5.18. The SMILES string of the molecule is O=C(CCNc1ccc(C(F)(F)F)cc1)NC1CCS(=O)(=O)C1. The predicted molar refractivity (Wildman–Crippen MR) is 79.8 cm³/mol. The maximum Gasteiger partial charge on any atom is 0.416 e. The van der Waals surface area contributed by atoms with Gasteiger partial charge in [0, 0.05) is 24.7 Å². The van der Waals surface area contributed by atoms with Crippen LogP contribution < -0.4 is 10.6 Å². The van der Waals surface area contributed by atoms with Gasteiger partial charge in [-0.2, -0.15) is 13.2 Å². The summed E-state index contributed by atoms with van der Waals surface area (Å²) in [6.45, 7) is 0.247. The number of sulfone groups is 1. The van der Waals surface area contributed by atoms with E-state index in [4.69, 9.17) is 0 Å². The first-order valence-corrected chi connectivity index (χ1v) is 8.89. The lowest BCUT2D eigenvalue weighted by molar-refractivity contribution is -0.137. The number of halogens is 3. The number of rotatable bonds is 5. The molecule has 1 aliphatic heterocycles. The number of nitrogens with one attached hydrogen (secondary N) is 2. The van der Waals surface area contributed by atoms with Crippen LogP contribution >= 0.6 is 0 Å². The molecular weight excluding hydrogens is 333 g/mol. The van der Waals surface area contributed by atoms with Gasteiger partial charge in [-0.05, 0) is 30.7 Å². The number of hydrogen-bond donors (Lipinski definition) is 2. The van der Waals surface area contributed by atoms with Crippen LogP contribution in [0.5, 0.6) is 0 Å². The standard InChI is InChI=1S/C14H17F3N2O3S/c15-14(16,17)10-1-3-11(4-2-10)18-7-5-13(20)19-12-6-8-23(21,22)9-12/h1-4,12,18H,5-9H2,(H,19,20).